The number of pyridine rings is 1. The van der Waals surface area contributed by atoms with Crippen LogP contribution in [0.15, 0.2) is 24.4 Å². The molecule has 3 heteroatoms. The predicted molar refractivity (Wildman–Crippen MR) is 80.8 cm³/mol. The molecule has 0 spiro atoms. The number of rotatable bonds is 3. The van der Waals surface area contributed by atoms with Gasteiger partial charge in [0.15, 0.2) is 0 Å². The first-order valence-electron chi connectivity index (χ1n) is 8.39. The quantitative estimate of drug-likeness (QED) is 0.793. The smallest absolute Gasteiger partial charge is 0.120 e. The van der Waals surface area contributed by atoms with Crippen molar-refractivity contribution in [2.45, 2.75) is 45.2 Å². The van der Waals surface area contributed by atoms with Crippen molar-refractivity contribution in [2.24, 2.45) is 5.92 Å². The molecule has 0 amide bonds. The zero-order valence-corrected chi connectivity index (χ0v) is 12.8. The van der Waals surface area contributed by atoms with Crippen molar-refractivity contribution in [2.75, 3.05) is 26.2 Å². The fourth-order valence-corrected chi connectivity index (χ4v) is 4.07. The van der Waals surface area contributed by atoms with Crippen LogP contribution < -0.4 is 9.80 Å². The Morgan fingerprint density at radius 2 is 2.00 bits per heavy atom. The van der Waals surface area contributed by atoms with Crippen LogP contribution >= 0.6 is 0 Å². The average Bonchev–Trinajstić information content (AvgIpc) is 2.49. The molecule has 110 valence electrons. The third-order valence-corrected chi connectivity index (χ3v) is 5.23. The first kappa shape index (κ1) is 14.0. The van der Waals surface area contributed by atoms with Gasteiger partial charge in [-0.3, -0.25) is 4.98 Å². The summed E-state index contributed by atoms with van der Waals surface area (Å²) in [5.41, 5.74) is 1.25. The Morgan fingerprint density at radius 3 is 2.70 bits per heavy atom. The number of likely N-dealkylation sites (tertiary alicyclic amines) is 2. The summed E-state index contributed by atoms with van der Waals surface area (Å²) in [6, 6.07) is 7.21. The number of hydrogen-bond acceptors (Lipinski definition) is 1. The fourth-order valence-electron chi connectivity index (χ4n) is 4.07. The Hall–Kier alpha value is -0.930. The molecule has 0 radical (unpaired) electrons. The van der Waals surface area contributed by atoms with Crippen LogP contribution in [-0.2, 0) is 6.54 Å². The standard InChI is InChI=1S/C17H27N3/c1-15-5-4-10-20(13-15)17-7-11-19(12-8-17)14-16-6-2-3-9-18-16/h2-3,6,9,15,17H,4-5,7-8,10-14H2,1H3/p+2/t15-/m1/s1. The van der Waals surface area contributed by atoms with Gasteiger partial charge in [-0.25, -0.2) is 0 Å². The molecule has 2 fully saturated rings. The van der Waals surface area contributed by atoms with Gasteiger partial charge in [0.05, 0.1) is 37.9 Å². The molecule has 3 rings (SSSR count). The van der Waals surface area contributed by atoms with E-state index >= 15 is 0 Å². The molecular formula is C17H29N3+2. The highest BCUT2D eigenvalue weighted by molar-refractivity contribution is 5.01. The Bertz CT molecular complexity index is 398. The van der Waals surface area contributed by atoms with Gasteiger partial charge in [0, 0.05) is 25.0 Å². The van der Waals surface area contributed by atoms with Crippen molar-refractivity contribution in [3.63, 3.8) is 0 Å². The molecule has 3 heterocycles. The van der Waals surface area contributed by atoms with Crippen molar-refractivity contribution in [3.8, 4) is 0 Å². The third-order valence-electron chi connectivity index (χ3n) is 5.23. The molecule has 0 saturated carbocycles. The summed E-state index contributed by atoms with van der Waals surface area (Å²) >= 11 is 0. The van der Waals surface area contributed by atoms with Gasteiger partial charge >= 0.3 is 0 Å². The normalized spacial score (nSPS) is 34.9. The van der Waals surface area contributed by atoms with Gasteiger partial charge in [-0.15, -0.1) is 0 Å². The van der Waals surface area contributed by atoms with Crippen molar-refractivity contribution in [1.82, 2.24) is 4.98 Å². The van der Waals surface area contributed by atoms with E-state index in [1.54, 1.807) is 4.90 Å². The summed E-state index contributed by atoms with van der Waals surface area (Å²) in [6.45, 7) is 9.04. The van der Waals surface area contributed by atoms with Gasteiger partial charge in [-0.2, -0.15) is 0 Å². The summed E-state index contributed by atoms with van der Waals surface area (Å²) < 4.78 is 0. The molecule has 2 atom stereocenters. The van der Waals surface area contributed by atoms with Crippen molar-refractivity contribution >= 4 is 0 Å². The minimum Gasteiger partial charge on any atom is -0.332 e. The van der Waals surface area contributed by atoms with Gasteiger partial charge < -0.3 is 9.80 Å². The van der Waals surface area contributed by atoms with Gasteiger partial charge in [0.25, 0.3) is 0 Å². The number of aromatic nitrogens is 1. The summed E-state index contributed by atoms with van der Waals surface area (Å²) in [5, 5.41) is 0. The SMILES string of the molecule is C[C@@H]1CCC[NH+](C2CC[NH+](Cc3ccccn3)CC2)C1. The highest BCUT2D eigenvalue weighted by atomic mass is 15.2. The molecule has 3 nitrogen and oxygen atoms in total. The van der Waals surface area contributed by atoms with E-state index in [4.69, 9.17) is 0 Å². The molecule has 1 unspecified atom stereocenters. The lowest BCUT2D eigenvalue weighted by molar-refractivity contribution is -0.967. The lowest BCUT2D eigenvalue weighted by Gasteiger charge is -2.37. The number of hydrogen-bond donors (Lipinski definition) is 2. The first-order chi connectivity index (χ1) is 9.81. The minimum absolute atomic E-state index is 0.935. The molecule has 20 heavy (non-hydrogen) atoms. The maximum absolute atomic E-state index is 4.47. The molecule has 2 saturated heterocycles. The Kier molecular flexibility index (Phi) is 4.69. The Labute approximate surface area is 123 Å². The Morgan fingerprint density at radius 1 is 1.15 bits per heavy atom. The number of nitrogens with zero attached hydrogens (tertiary/aromatic N) is 1. The van der Waals surface area contributed by atoms with Gasteiger partial charge in [0.2, 0.25) is 0 Å². The highest BCUT2D eigenvalue weighted by Gasteiger charge is 2.32. The van der Waals surface area contributed by atoms with Crippen LogP contribution in [0.5, 0.6) is 0 Å². The predicted octanol–water partition coefficient (Wildman–Crippen LogP) is -0.0563. The maximum Gasteiger partial charge on any atom is 0.120 e. The number of quaternary nitrogens is 2. The zero-order chi connectivity index (χ0) is 13.8. The van der Waals surface area contributed by atoms with Gasteiger partial charge in [-0.1, -0.05) is 13.0 Å². The summed E-state index contributed by atoms with van der Waals surface area (Å²) in [6.07, 6.45) is 7.63. The van der Waals surface area contributed by atoms with Crippen LogP contribution in [0.3, 0.4) is 0 Å². The van der Waals surface area contributed by atoms with Crippen LogP contribution in [0.2, 0.25) is 0 Å². The molecule has 1 aromatic rings. The van der Waals surface area contributed by atoms with Crippen LogP contribution in [0.1, 0.15) is 38.3 Å². The van der Waals surface area contributed by atoms with E-state index in [0.29, 0.717) is 0 Å². The highest BCUT2D eigenvalue weighted by Crippen LogP contribution is 2.07. The van der Waals surface area contributed by atoms with Crippen LogP contribution in [0.4, 0.5) is 0 Å². The molecule has 0 bridgehead atoms. The monoisotopic (exact) mass is 275 g/mol. The zero-order valence-electron chi connectivity index (χ0n) is 12.8. The molecule has 0 aromatic carbocycles. The first-order valence-corrected chi connectivity index (χ1v) is 8.39. The molecule has 2 aliphatic rings. The second kappa shape index (κ2) is 6.68. The third kappa shape index (κ3) is 3.58. The minimum atomic E-state index is 0.935. The van der Waals surface area contributed by atoms with Crippen LogP contribution in [-0.4, -0.2) is 37.2 Å². The van der Waals surface area contributed by atoms with Crippen molar-refractivity contribution in [1.29, 1.82) is 0 Å². The maximum atomic E-state index is 4.47. The molecule has 2 N–H and O–H groups in total. The largest absolute Gasteiger partial charge is 0.332 e. The van der Waals surface area contributed by atoms with E-state index in [1.807, 2.05) is 17.2 Å². The lowest BCUT2D eigenvalue weighted by Crippen LogP contribution is -3.21. The lowest BCUT2D eigenvalue weighted by atomic mass is 9.95. The average molecular weight is 275 g/mol. The van der Waals surface area contributed by atoms with E-state index in [0.717, 1.165) is 18.5 Å². The summed E-state index contributed by atoms with van der Waals surface area (Å²) in [7, 11) is 0. The topological polar surface area (TPSA) is 21.8 Å². The van der Waals surface area contributed by atoms with E-state index in [-0.39, 0.29) is 0 Å². The van der Waals surface area contributed by atoms with Gasteiger partial charge in [-0.05, 0) is 25.0 Å². The fraction of sp³-hybridized carbons (Fsp3) is 0.706. The molecular weight excluding hydrogens is 246 g/mol. The second-order valence-electron chi connectivity index (χ2n) is 6.88. The van der Waals surface area contributed by atoms with Crippen LogP contribution in [0, 0.1) is 5.92 Å². The molecule has 2 aliphatic heterocycles. The molecule has 0 aliphatic carbocycles. The Balaban J connectivity index is 1.47. The second-order valence-corrected chi connectivity index (χ2v) is 6.88. The van der Waals surface area contributed by atoms with Gasteiger partial charge in [0.1, 0.15) is 6.54 Å². The number of nitrogens with one attached hydrogen (secondary N) is 2. The van der Waals surface area contributed by atoms with Crippen molar-refractivity contribution in [3.05, 3.63) is 30.1 Å². The number of piperidine rings is 2. The van der Waals surface area contributed by atoms with E-state index in [2.05, 4.69) is 24.0 Å². The summed E-state index contributed by atoms with van der Waals surface area (Å²) in [4.78, 5) is 8.10. The molecule has 1 aromatic heterocycles. The summed E-state index contributed by atoms with van der Waals surface area (Å²) in [5.74, 6) is 0.942. The van der Waals surface area contributed by atoms with E-state index in [1.165, 1.54) is 57.6 Å². The van der Waals surface area contributed by atoms with E-state index in [9.17, 15) is 0 Å². The van der Waals surface area contributed by atoms with E-state index < -0.39 is 0 Å². The van der Waals surface area contributed by atoms with Crippen molar-refractivity contribution < 1.29 is 9.80 Å². The van der Waals surface area contributed by atoms with Crippen LogP contribution in [0.25, 0.3) is 0 Å².